The van der Waals surface area contributed by atoms with Crippen molar-refractivity contribution in [1.29, 1.82) is 0 Å². The fourth-order valence-corrected chi connectivity index (χ4v) is 3.37. The molecule has 19 heavy (non-hydrogen) atoms. The van der Waals surface area contributed by atoms with Gasteiger partial charge < -0.3 is 10.1 Å². The summed E-state index contributed by atoms with van der Waals surface area (Å²) in [6, 6.07) is 0.718. The molecular weight excluding hydrogens is 234 g/mol. The zero-order chi connectivity index (χ0) is 14.1. The number of ether oxygens (including phenoxy) is 1. The van der Waals surface area contributed by atoms with E-state index in [0.29, 0.717) is 6.10 Å². The second-order valence-corrected chi connectivity index (χ2v) is 6.37. The molecule has 2 atom stereocenters. The summed E-state index contributed by atoms with van der Waals surface area (Å²) in [5, 5.41) is 3.80. The van der Waals surface area contributed by atoms with Crippen LogP contribution in [-0.2, 0) is 4.74 Å². The first-order valence-corrected chi connectivity index (χ1v) is 8.47. The zero-order valence-electron chi connectivity index (χ0n) is 13.6. The van der Waals surface area contributed by atoms with Gasteiger partial charge in [0.05, 0.1) is 6.10 Å². The maximum Gasteiger partial charge on any atom is 0.0543 e. The Morgan fingerprint density at radius 2 is 1.79 bits per heavy atom. The van der Waals surface area contributed by atoms with E-state index in [9.17, 15) is 0 Å². The third-order valence-corrected chi connectivity index (χ3v) is 4.98. The highest BCUT2D eigenvalue weighted by molar-refractivity contribution is 4.82. The molecule has 0 aromatic carbocycles. The molecule has 2 unspecified atom stereocenters. The molecule has 1 aliphatic rings. The minimum Gasteiger partial charge on any atom is -0.382 e. The highest BCUT2D eigenvalue weighted by atomic mass is 16.5. The normalized spacial score (nSPS) is 27.2. The monoisotopic (exact) mass is 269 g/mol. The van der Waals surface area contributed by atoms with Gasteiger partial charge in [-0.05, 0) is 57.4 Å². The predicted molar refractivity (Wildman–Crippen MR) is 83.5 cm³/mol. The Labute approximate surface area is 120 Å². The zero-order valence-corrected chi connectivity index (χ0v) is 13.6. The van der Waals surface area contributed by atoms with Crippen molar-refractivity contribution >= 4 is 0 Å². The van der Waals surface area contributed by atoms with E-state index in [2.05, 4.69) is 26.1 Å². The van der Waals surface area contributed by atoms with Crippen LogP contribution in [0.1, 0.15) is 72.1 Å². The van der Waals surface area contributed by atoms with Crippen molar-refractivity contribution in [3.8, 4) is 0 Å². The van der Waals surface area contributed by atoms with Crippen molar-refractivity contribution in [2.24, 2.45) is 11.8 Å². The molecule has 1 aliphatic carbocycles. The molecule has 0 radical (unpaired) electrons. The number of hydrogen-bond acceptors (Lipinski definition) is 2. The second kappa shape index (κ2) is 9.77. The number of hydrogen-bond donors (Lipinski definition) is 1. The van der Waals surface area contributed by atoms with E-state index in [1.54, 1.807) is 0 Å². The van der Waals surface area contributed by atoms with Gasteiger partial charge >= 0.3 is 0 Å². The molecule has 1 rings (SSSR count). The Balaban J connectivity index is 2.39. The van der Waals surface area contributed by atoms with Gasteiger partial charge in [-0.3, -0.25) is 0 Å². The molecule has 0 aliphatic heterocycles. The predicted octanol–water partition coefficient (Wildman–Crippen LogP) is 4.39. The number of rotatable bonds is 9. The molecule has 1 fully saturated rings. The van der Waals surface area contributed by atoms with Crippen molar-refractivity contribution in [2.75, 3.05) is 13.7 Å². The average Bonchev–Trinajstić information content (AvgIpc) is 2.47. The lowest BCUT2D eigenvalue weighted by atomic mass is 9.76. The lowest BCUT2D eigenvalue weighted by Crippen LogP contribution is -2.39. The van der Waals surface area contributed by atoms with Gasteiger partial charge in [0.1, 0.15) is 0 Å². The molecule has 0 spiro atoms. The average molecular weight is 269 g/mol. The SMILES string of the molecule is CCCNC(CCC(C)OC)C1CCC(CC)CC1. The summed E-state index contributed by atoms with van der Waals surface area (Å²) in [6.07, 6.45) is 11.2. The molecule has 1 N–H and O–H groups in total. The van der Waals surface area contributed by atoms with Crippen LogP contribution in [0.25, 0.3) is 0 Å². The molecule has 114 valence electrons. The van der Waals surface area contributed by atoms with Gasteiger partial charge in [0.15, 0.2) is 0 Å². The van der Waals surface area contributed by atoms with Crippen molar-refractivity contribution in [2.45, 2.75) is 84.3 Å². The van der Waals surface area contributed by atoms with E-state index < -0.39 is 0 Å². The minimum atomic E-state index is 0.401. The summed E-state index contributed by atoms with van der Waals surface area (Å²) in [6.45, 7) is 7.96. The molecule has 0 saturated heterocycles. The van der Waals surface area contributed by atoms with Crippen LogP contribution in [0.3, 0.4) is 0 Å². The molecular formula is C17H35NO. The summed E-state index contributed by atoms with van der Waals surface area (Å²) in [4.78, 5) is 0. The van der Waals surface area contributed by atoms with Gasteiger partial charge in [0.25, 0.3) is 0 Å². The summed E-state index contributed by atoms with van der Waals surface area (Å²) >= 11 is 0. The van der Waals surface area contributed by atoms with E-state index in [0.717, 1.165) is 17.9 Å². The lowest BCUT2D eigenvalue weighted by molar-refractivity contribution is 0.0998. The Morgan fingerprint density at radius 1 is 1.11 bits per heavy atom. The van der Waals surface area contributed by atoms with Gasteiger partial charge in [0, 0.05) is 13.2 Å². The number of methoxy groups -OCH3 is 1. The van der Waals surface area contributed by atoms with E-state index in [1.165, 1.54) is 57.9 Å². The smallest absolute Gasteiger partial charge is 0.0543 e. The van der Waals surface area contributed by atoms with Crippen LogP contribution < -0.4 is 5.32 Å². The van der Waals surface area contributed by atoms with E-state index in [1.807, 2.05) is 7.11 Å². The highest BCUT2D eigenvalue weighted by Crippen LogP contribution is 2.33. The highest BCUT2D eigenvalue weighted by Gasteiger charge is 2.26. The largest absolute Gasteiger partial charge is 0.382 e. The summed E-state index contributed by atoms with van der Waals surface area (Å²) < 4.78 is 5.40. The Bertz CT molecular complexity index is 211. The molecule has 2 nitrogen and oxygen atoms in total. The topological polar surface area (TPSA) is 21.3 Å². The van der Waals surface area contributed by atoms with E-state index in [-0.39, 0.29) is 0 Å². The third kappa shape index (κ3) is 6.27. The molecule has 1 saturated carbocycles. The second-order valence-electron chi connectivity index (χ2n) is 6.37. The van der Waals surface area contributed by atoms with Gasteiger partial charge in [-0.25, -0.2) is 0 Å². The van der Waals surface area contributed by atoms with Gasteiger partial charge in [0.2, 0.25) is 0 Å². The maximum absolute atomic E-state index is 5.40. The molecule has 0 aromatic heterocycles. The van der Waals surface area contributed by atoms with E-state index in [4.69, 9.17) is 4.74 Å². The third-order valence-electron chi connectivity index (χ3n) is 4.98. The first-order valence-electron chi connectivity index (χ1n) is 8.47. The fraction of sp³-hybridized carbons (Fsp3) is 1.00. The Morgan fingerprint density at radius 3 is 2.32 bits per heavy atom. The van der Waals surface area contributed by atoms with Crippen molar-refractivity contribution in [3.05, 3.63) is 0 Å². The summed E-state index contributed by atoms with van der Waals surface area (Å²) in [5.41, 5.74) is 0. The van der Waals surface area contributed by atoms with Crippen molar-refractivity contribution < 1.29 is 4.74 Å². The molecule has 0 heterocycles. The lowest BCUT2D eigenvalue weighted by Gasteiger charge is -2.34. The van der Waals surface area contributed by atoms with Crippen LogP contribution in [0.15, 0.2) is 0 Å². The first-order chi connectivity index (χ1) is 9.21. The van der Waals surface area contributed by atoms with Crippen LogP contribution in [-0.4, -0.2) is 25.8 Å². The molecule has 0 amide bonds. The van der Waals surface area contributed by atoms with Crippen LogP contribution in [0, 0.1) is 11.8 Å². The van der Waals surface area contributed by atoms with Crippen LogP contribution in [0.5, 0.6) is 0 Å². The van der Waals surface area contributed by atoms with Gasteiger partial charge in [-0.15, -0.1) is 0 Å². The summed E-state index contributed by atoms with van der Waals surface area (Å²) in [5.74, 6) is 1.90. The Hall–Kier alpha value is -0.0800. The van der Waals surface area contributed by atoms with Gasteiger partial charge in [-0.2, -0.15) is 0 Å². The number of nitrogens with one attached hydrogen (secondary N) is 1. The first kappa shape index (κ1) is 17.0. The van der Waals surface area contributed by atoms with E-state index >= 15 is 0 Å². The fourth-order valence-electron chi connectivity index (χ4n) is 3.37. The van der Waals surface area contributed by atoms with Crippen LogP contribution in [0.2, 0.25) is 0 Å². The van der Waals surface area contributed by atoms with Crippen LogP contribution >= 0.6 is 0 Å². The molecule has 0 aromatic rings. The summed E-state index contributed by atoms with van der Waals surface area (Å²) in [7, 11) is 1.82. The molecule has 0 bridgehead atoms. The minimum absolute atomic E-state index is 0.401. The Kier molecular flexibility index (Phi) is 8.72. The maximum atomic E-state index is 5.40. The quantitative estimate of drug-likeness (QED) is 0.670. The van der Waals surface area contributed by atoms with Crippen molar-refractivity contribution in [3.63, 3.8) is 0 Å². The van der Waals surface area contributed by atoms with Crippen molar-refractivity contribution in [1.82, 2.24) is 5.32 Å². The standard InChI is InChI=1S/C17H35NO/c1-5-13-18-17(12-7-14(3)19-4)16-10-8-15(6-2)9-11-16/h14-18H,5-13H2,1-4H3. The van der Waals surface area contributed by atoms with Gasteiger partial charge in [-0.1, -0.05) is 33.1 Å². The molecule has 2 heteroatoms. The van der Waals surface area contributed by atoms with Crippen LogP contribution in [0.4, 0.5) is 0 Å².